The largest absolute Gasteiger partial charge is 0.416 e. The Morgan fingerprint density at radius 2 is 1.89 bits per heavy atom. The minimum atomic E-state index is -4.44. The summed E-state index contributed by atoms with van der Waals surface area (Å²) in [4.78, 5) is 12.9. The van der Waals surface area contributed by atoms with Gasteiger partial charge in [-0.2, -0.15) is 13.2 Å². The van der Waals surface area contributed by atoms with Crippen LogP contribution in [0, 0.1) is 0 Å². The summed E-state index contributed by atoms with van der Waals surface area (Å²) < 4.78 is 51.3. The lowest BCUT2D eigenvalue weighted by Gasteiger charge is -2.17. The second-order valence-electron chi connectivity index (χ2n) is 7.83. The van der Waals surface area contributed by atoms with Crippen molar-refractivity contribution in [3.63, 3.8) is 0 Å². The first-order chi connectivity index (χ1) is 16.7. The molecule has 1 aromatic heterocycles. The zero-order valence-corrected chi connectivity index (χ0v) is 20.4. The number of alkyl halides is 3. The van der Waals surface area contributed by atoms with Crippen LogP contribution in [0.2, 0.25) is 0 Å². The third kappa shape index (κ3) is 7.06. The molecule has 7 nitrogen and oxygen atoms in total. The second kappa shape index (κ2) is 12.2. The number of carbonyl (C=O) groups excluding carboxylic acids is 1. The quantitative estimate of drug-likeness (QED) is 0.372. The Bertz CT molecular complexity index is 1140. The molecule has 0 radical (unpaired) electrons. The van der Waals surface area contributed by atoms with Gasteiger partial charge >= 0.3 is 6.18 Å². The molecular weight excluding hydrogens is 481 g/mol. The number of carbonyl (C=O) groups is 1. The van der Waals surface area contributed by atoms with Crippen LogP contribution in [0.1, 0.15) is 45.8 Å². The number of nitrogens with one attached hydrogen (secondary N) is 1. The molecule has 11 heteroatoms. The molecule has 188 valence electrons. The van der Waals surface area contributed by atoms with E-state index in [2.05, 4.69) is 15.5 Å². The number of benzene rings is 2. The maximum Gasteiger partial charge on any atom is 0.416 e. The van der Waals surface area contributed by atoms with Crippen molar-refractivity contribution in [3.8, 4) is 0 Å². The number of halogens is 3. The normalized spacial score (nSPS) is 12.5. The molecule has 0 aliphatic heterocycles. The van der Waals surface area contributed by atoms with Gasteiger partial charge in [-0.25, -0.2) is 0 Å². The third-order valence-corrected chi connectivity index (χ3v) is 6.18. The van der Waals surface area contributed by atoms with Crippen LogP contribution < -0.4 is 5.32 Å². The van der Waals surface area contributed by atoms with Crippen LogP contribution in [-0.2, 0) is 34.6 Å². The van der Waals surface area contributed by atoms with Crippen LogP contribution in [0.15, 0.2) is 53.7 Å². The molecule has 1 N–H and O–H groups in total. The van der Waals surface area contributed by atoms with E-state index in [-0.39, 0.29) is 18.5 Å². The Morgan fingerprint density at radius 3 is 2.60 bits per heavy atom. The summed E-state index contributed by atoms with van der Waals surface area (Å²) >= 11 is 1.42. The molecule has 1 heterocycles. The highest BCUT2D eigenvalue weighted by Gasteiger charge is 2.30. The molecule has 0 spiro atoms. The number of thioether (sulfide) groups is 1. The molecular formula is C24H27F3N4O3S. The molecule has 0 unspecified atom stereocenters. The fourth-order valence-electron chi connectivity index (χ4n) is 3.54. The molecule has 0 fully saturated rings. The summed E-state index contributed by atoms with van der Waals surface area (Å²) in [6.07, 6.45) is -4.44. The minimum absolute atomic E-state index is 0.0198. The molecule has 0 aliphatic carbocycles. The number of ether oxygens (including phenoxy) is 2. The zero-order valence-electron chi connectivity index (χ0n) is 19.6. The van der Waals surface area contributed by atoms with E-state index < -0.39 is 11.7 Å². The van der Waals surface area contributed by atoms with Gasteiger partial charge in [-0.05, 0) is 36.2 Å². The Morgan fingerprint density at radius 1 is 1.11 bits per heavy atom. The van der Waals surface area contributed by atoms with Crippen molar-refractivity contribution in [2.75, 3.05) is 20.8 Å². The van der Waals surface area contributed by atoms with Crippen molar-refractivity contribution in [2.24, 2.45) is 0 Å². The molecule has 0 bridgehead atoms. The van der Waals surface area contributed by atoms with Crippen LogP contribution in [-0.4, -0.2) is 41.5 Å². The van der Waals surface area contributed by atoms with Gasteiger partial charge in [0.1, 0.15) is 6.61 Å². The molecule has 0 saturated heterocycles. The van der Waals surface area contributed by atoms with Crippen LogP contribution in [0.25, 0.3) is 0 Å². The van der Waals surface area contributed by atoms with Gasteiger partial charge in [0.15, 0.2) is 11.0 Å². The summed E-state index contributed by atoms with van der Waals surface area (Å²) in [7, 11) is 3.21. The van der Waals surface area contributed by atoms with Gasteiger partial charge in [0, 0.05) is 32.1 Å². The van der Waals surface area contributed by atoms with E-state index in [9.17, 15) is 18.0 Å². The van der Waals surface area contributed by atoms with Crippen molar-refractivity contribution in [3.05, 3.63) is 76.6 Å². The molecule has 3 aromatic rings. The van der Waals surface area contributed by atoms with E-state index in [0.29, 0.717) is 41.1 Å². The van der Waals surface area contributed by atoms with Gasteiger partial charge in [0.25, 0.3) is 5.91 Å². The van der Waals surface area contributed by atoms with Gasteiger partial charge in [-0.3, -0.25) is 9.36 Å². The summed E-state index contributed by atoms with van der Waals surface area (Å²) in [5.74, 6) is 0.748. The molecule has 1 atom stereocenters. The van der Waals surface area contributed by atoms with E-state index in [1.54, 1.807) is 32.4 Å². The monoisotopic (exact) mass is 508 g/mol. The molecule has 2 aromatic carbocycles. The maximum atomic E-state index is 13.0. The summed E-state index contributed by atoms with van der Waals surface area (Å²) in [5.41, 5.74) is 0.827. The maximum absolute atomic E-state index is 13.0. The molecule has 35 heavy (non-hydrogen) atoms. The van der Waals surface area contributed by atoms with Crippen molar-refractivity contribution in [1.82, 2.24) is 20.1 Å². The van der Waals surface area contributed by atoms with Crippen molar-refractivity contribution < 1.29 is 27.4 Å². The highest BCUT2D eigenvalue weighted by atomic mass is 32.2. The predicted octanol–water partition coefficient (Wildman–Crippen LogP) is 4.87. The van der Waals surface area contributed by atoms with Gasteiger partial charge in [0.05, 0.1) is 18.2 Å². The topological polar surface area (TPSA) is 78.3 Å². The average Bonchev–Trinajstić information content (AvgIpc) is 3.24. The lowest BCUT2D eigenvalue weighted by Crippen LogP contribution is -2.24. The fourth-order valence-corrected chi connectivity index (χ4v) is 4.60. The number of hydrogen-bond acceptors (Lipinski definition) is 6. The fraction of sp³-hybridized carbons (Fsp3) is 0.375. The van der Waals surface area contributed by atoms with Crippen LogP contribution in [0.5, 0.6) is 0 Å². The summed E-state index contributed by atoms with van der Waals surface area (Å²) in [5, 5.41) is 11.9. The third-order valence-electron chi connectivity index (χ3n) is 5.18. The minimum Gasteiger partial charge on any atom is -0.383 e. The smallest absolute Gasteiger partial charge is 0.383 e. The first-order valence-electron chi connectivity index (χ1n) is 10.8. The summed E-state index contributed by atoms with van der Waals surface area (Å²) in [6, 6.07) is 12.0. The average molecular weight is 509 g/mol. The van der Waals surface area contributed by atoms with Crippen LogP contribution in [0.4, 0.5) is 13.2 Å². The molecule has 0 saturated carbocycles. The van der Waals surface area contributed by atoms with Gasteiger partial charge in [0.2, 0.25) is 0 Å². The molecule has 1 amide bonds. The number of hydrogen-bond donors (Lipinski definition) is 1. The highest BCUT2D eigenvalue weighted by molar-refractivity contribution is 7.98. The Hall–Kier alpha value is -2.89. The van der Waals surface area contributed by atoms with Crippen molar-refractivity contribution in [1.29, 1.82) is 0 Å². The predicted molar refractivity (Wildman–Crippen MR) is 126 cm³/mol. The Labute approximate surface area is 206 Å². The number of aromatic nitrogens is 3. The first kappa shape index (κ1) is 26.7. The molecule has 3 rings (SSSR count). The SMILES string of the molecule is COCc1nnc(SCc2ccccc2C(=O)NCc2cccc(C(F)(F)F)c2)n1[C@H](C)COC. The van der Waals surface area contributed by atoms with Gasteiger partial charge < -0.3 is 14.8 Å². The van der Waals surface area contributed by atoms with Crippen molar-refractivity contribution >= 4 is 17.7 Å². The van der Waals surface area contributed by atoms with E-state index >= 15 is 0 Å². The van der Waals surface area contributed by atoms with E-state index in [1.807, 2.05) is 23.6 Å². The standard InChI is InChI=1S/C24H27F3N4O3S/c1-16(13-33-2)31-21(14-34-3)29-30-23(31)35-15-18-8-4-5-10-20(18)22(32)28-12-17-7-6-9-19(11-17)24(25,26)27/h4-11,16H,12-15H2,1-3H3,(H,28,32)/t16-/m1/s1. The van der Waals surface area contributed by atoms with Gasteiger partial charge in [-0.1, -0.05) is 42.1 Å². The van der Waals surface area contributed by atoms with E-state index in [4.69, 9.17) is 9.47 Å². The lowest BCUT2D eigenvalue weighted by molar-refractivity contribution is -0.137. The second-order valence-corrected chi connectivity index (χ2v) is 8.78. The van der Waals surface area contributed by atoms with Gasteiger partial charge in [-0.15, -0.1) is 10.2 Å². The number of rotatable bonds is 11. The van der Waals surface area contributed by atoms with E-state index in [0.717, 1.165) is 17.7 Å². The van der Waals surface area contributed by atoms with E-state index in [1.165, 1.54) is 17.8 Å². The first-order valence-corrected chi connectivity index (χ1v) is 11.8. The lowest BCUT2D eigenvalue weighted by atomic mass is 10.1. The molecule has 0 aliphatic rings. The van der Waals surface area contributed by atoms with Crippen LogP contribution in [0.3, 0.4) is 0 Å². The highest BCUT2D eigenvalue weighted by Crippen LogP contribution is 2.30. The van der Waals surface area contributed by atoms with Crippen LogP contribution >= 0.6 is 11.8 Å². The van der Waals surface area contributed by atoms with Crippen molar-refractivity contribution in [2.45, 2.75) is 43.2 Å². The zero-order chi connectivity index (χ0) is 25.4. The Kier molecular flexibility index (Phi) is 9.30. The number of nitrogens with zero attached hydrogens (tertiary/aromatic N) is 3. The summed E-state index contributed by atoms with van der Waals surface area (Å²) in [6.45, 7) is 2.74. The number of methoxy groups -OCH3 is 2. The number of amides is 1. The Balaban J connectivity index is 1.72.